The number of ether oxygens (including phenoxy) is 11. The predicted octanol–water partition coefficient (Wildman–Crippen LogP) is 3.76. The first-order valence-electron chi connectivity index (χ1n) is 49.8. The quantitative estimate of drug-likeness (QED) is 0.0234. The maximum absolute atomic E-state index is 14.8. The summed E-state index contributed by atoms with van der Waals surface area (Å²) in [7, 11) is -6.14. The number of hydrogen-bond acceptors (Lipinski definition) is 36. The molecule has 0 aromatic heterocycles. The van der Waals surface area contributed by atoms with E-state index in [4.69, 9.17) is 56.6 Å². The minimum atomic E-state index is -6.14. The molecule has 0 unspecified atom stereocenters. The molecule has 0 bridgehead atoms. The van der Waals surface area contributed by atoms with Crippen molar-refractivity contribution in [3.63, 3.8) is 0 Å². The Hall–Kier alpha value is -4.60. The van der Waals surface area contributed by atoms with Gasteiger partial charge in [-0.1, -0.05) is 259 Å². The zero-order valence-corrected chi connectivity index (χ0v) is 80.7. The van der Waals surface area contributed by atoms with Gasteiger partial charge in [-0.3, -0.25) is 23.7 Å². The lowest BCUT2D eigenvalue weighted by Crippen LogP contribution is -2.70. The molecule has 5 fully saturated rings. The van der Waals surface area contributed by atoms with E-state index in [1.165, 1.54) is 0 Å². The van der Waals surface area contributed by atoms with Crippen LogP contribution < -0.4 is 10.6 Å². The van der Waals surface area contributed by atoms with Gasteiger partial charge in [0.1, 0.15) is 91.4 Å². The van der Waals surface area contributed by atoms with Crippen molar-refractivity contribution in [1.29, 1.82) is 0 Å². The standard InChI is InChI=1S/C92H165N2O41P/c1-5-9-13-17-21-25-29-33-37-41-57(98)45-69(106)93-73-83(128-71(108)47-59(100)43-39-35-31-27-23-19-15-11-7-3)78(113)67(126-85(73)114)55-124-86-74(94-70(107)46-58(99)42-38-34-30-26-22-18-14-10-6-2)84(129-72(109)48-60(101)44-40-36-32-28-24-20-16-12-8-4)82(135-136(121,122)123)68(127-86)56-125-90(87(115)116)50-65(76(111)80(132-90)63(104)53-96)131-92(89(119)120)51-66(77(112)81(134-92)64(105)54-97)130-91(88(117)118)49-61(102)75(110)79(133-91)62(103)52-95/h57-68,73-86,95-105,110-114H,5-56H2,1-4H3,(H,93,106)(H,94,107)(H,115,116)(H,117,118)(H,119,120)(H2,121,122,123)/t57-,58-,59-,60-,61-,62-,63-,64-,65-,66-,67-,68-,73-,74-,75-,76-,77-,78-,79-,80-,81-,82-,83-,84-,85+,86-,90-,91-,92-/m1/s1. The van der Waals surface area contributed by atoms with E-state index in [9.17, 15) is 145 Å². The molecule has 0 radical (unpaired) electrons. The Morgan fingerprint density at radius 1 is 0.382 bits per heavy atom. The summed E-state index contributed by atoms with van der Waals surface area (Å²) >= 11 is 0. The molecule has 0 aromatic carbocycles. The summed E-state index contributed by atoms with van der Waals surface area (Å²) in [4.78, 5) is 121. The molecule has 136 heavy (non-hydrogen) atoms. The fraction of sp³-hybridized carbons (Fsp3) is 0.924. The number of aliphatic carboxylic acids is 3. The zero-order chi connectivity index (χ0) is 101. The van der Waals surface area contributed by atoms with Gasteiger partial charge in [-0.25, -0.2) is 18.9 Å². The lowest BCUT2D eigenvalue weighted by Gasteiger charge is -2.52. The van der Waals surface area contributed by atoms with Crippen molar-refractivity contribution >= 4 is 49.5 Å². The Balaban J connectivity index is 1.66. The number of carbonyl (C=O) groups excluding carboxylic acids is 4. The fourth-order valence-electron chi connectivity index (χ4n) is 18.0. The minimum absolute atomic E-state index is 0.0165. The fourth-order valence-corrected chi connectivity index (χ4v) is 18.6. The Kier molecular flexibility index (Phi) is 57.5. The molecule has 0 aliphatic carbocycles. The highest BCUT2D eigenvalue weighted by Crippen LogP contribution is 2.47. The van der Waals surface area contributed by atoms with E-state index in [-0.39, 0.29) is 25.7 Å². The summed E-state index contributed by atoms with van der Waals surface area (Å²) < 4.78 is 84.6. The molecule has 44 heteroatoms. The molecule has 23 N–H and O–H groups in total. The van der Waals surface area contributed by atoms with Crippen molar-refractivity contribution in [1.82, 2.24) is 10.6 Å². The van der Waals surface area contributed by atoms with Crippen molar-refractivity contribution < 1.29 is 202 Å². The van der Waals surface area contributed by atoms with Gasteiger partial charge in [-0.2, -0.15) is 0 Å². The number of amides is 2. The number of aliphatic hydroxyl groups is 16. The number of nitrogens with one attached hydrogen (secondary N) is 2. The Bertz CT molecular complexity index is 3420. The van der Waals surface area contributed by atoms with E-state index >= 15 is 0 Å². The molecule has 2 amide bonds. The van der Waals surface area contributed by atoms with Crippen LogP contribution in [0.3, 0.4) is 0 Å². The molecule has 0 spiro atoms. The van der Waals surface area contributed by atoms with Gasteiger partial charge in [0.25, 0.3) is 17.4 Å². The third-order valence-electron chi connectivity index (χ3n) is 25.8. The van der Waals surface area contributed by atoms with Crippen LogP contribution >= 0.6 is 7.82 Å². The van der Waals surface area contributed by atoms with Gasteiger partial charge in [0, 0.05) is 19.3 Å². The number of aliphatic hydroxyl groups excluding tert-OH is 16. The molecule has 5 aliphatic rings. The highest BCUT2D eigenvalue weighted by Gasteiger charge is 2.65. The summed E-state index contributed by atoms with van der Waals surface area (Å²) in [5.41, 5.74) is 0. The lowest BCUT2D eigenvalue weighted by molar-refractivity contribution is -0.394. The van der Waals surface area contributed by atoms with Gasteiger partial charge in [0.15, 0.2) is 24.8 Å². The molecule has 5 heterocycles. The summed E-state index contributed by atoms with van der Waals surface area (Å²) in [5.74, 6) is -22.2. The van der Waals surface area contributed by atoms with Crippen molar-refractivity contribution in [2.24, 2.45) is 0 Å². The van der Waals surface area contributed by atoms with Crippen LogP contribution in [0.2, 0.25) is 0 Å². The molecular formula is C92H165N2O41P. The predicted molar refractivity (Wildman–Crippen MR) is 480 cm³/mol. The number of phosphoric acid groups is 1. The van der Waals surface area contributed by atoms with Crippen LogP contribution in [0.5, 0.6) is 0 Å². The van der Waals surface area contributed by atoms with Crippen LogP contribution in [0.1, 0.15) is 329 Å². The van der Waals surface area contributed by atoms with Gasteiger partial charge in [0.2, 0.25) is 11.8 Å². The number of carbonyl (C=O) groups is 7. The molecule has 794 valence electrons. The topological polar surface area (TPSA) is 696 Å². The van der Waals surface area contributed by atoms with Crippen LogP contribution in [0.25, 0.3) is 0 Å². The molecule has 43 nitrogen and oxygen atoms in total. The average molecular weight is 1990 g/mol. The van der Waals surface area contributed by atoms with Crippen LogP contribution in [-0.2, 0) is 94.8 Å². The number of rotatable bonds is 73. The number of phosphoric ester groups is 1. The first kappa shape index (κ1) is 122. The molecule has 0 aromatic rings. The van der Waals surface area contributed by atoms with E-state index in [1.54, 1.807) is 0 Å². The molecule has 29 atom stereocenters. The number of unbranched alkanes of at least 4 members (excludes halogenated alkanes) is 32. The second-order valence-corrected chi connectivity index (χ2v) is 38.6. The number of carboxylic acids is 3. The maximum Gasteiger partial charge on any atom is 0.470 e. The largest absolute Gasteiger partial charge is 0.477 e. The maximum atomic E-state index is 14.8. The average Bonchev–Trinajstić information content (AvgIpc) is 0.737. The van der Waals surface area contributed by atoms with E-state index in [1.807, 2.05) is 0 Å². The van der Waals surface area contributed by atoms with Gasteiger partial charge in [-0.05, 0) is 25.7 Å². The third kappa shape index (κ3) is 41.3. The van der Waals surface area contributed by atoms with Crippen molar-refractivity contribution in [2.45, 2.75) is 506 Å². The first-order chi connectivity index (χ1) is 64.7. The van der Waals surface area contributed by atoms with E-state index in [0.717, 1.165) is 193 Å². The highest BCUT2D eigenvalue weighted by molar-refractivity contribution is 7.46. The number of hydrogen-bond donors (Lipinski definition) is 23. The highest BCUT2D eigenvalue weighted by atomic mass is 31.2. The van der Waals surface area contributed by atoms with Crippen molar-refractivity contribution in [2.75, 3.05) is 33.0 Å². The monoisotopic (exact) mass is 1990 g/mol. The summed E-state index contributed by atoms with van der Waals surface area (Å²) in [5, 5.41) is 218. The Labute approximate surface area is 797 Å². The normalized spacial score (nSPS) is 30.4. The summed E-state index contributed by atoms with van der Waals surface area (Å²) in [6.45, 7) is 1.54. The van der Waals surface area contributed by atoms with Crippen LogP contribution in [0.15, 0.2) is 0 Å². The van der Waals surface area contributed by atoms with Gasteiger partial charge in [-0.15, -0.1) is 0 Å². The summed E-state index contributed by atoms with van der Waals surface area (Å²) in [6, 6.07) is -4.09. The van der Waals surface area contributed by atoms with Crippen molar-refractivity contribution in [3.8, 4) is 0 Å². The molecule has 5 rings (SSSR count). The Morgan fingerprint density at radius 3 is 1.07 bits per heavy atom. The molecular weight excluding hydrogens is 1820 g/mol. The Morgan fingerprint density at radius 2 is 0.706 bits per heavy atom. The minimum Gasteiger partial charge on any atom is -0.477 e. The number of carboxylic acid groups (broad SMARTS) is 3. The smallest absolute Gasteiger partial charge is 0.470 e. The van der Waals surface area contributed by atoms with Crippen LogP contribution in [0, 0.1) is 0 Å². The van der Waals surface area contributed by atoms with Crippen LogP contribution in [0.4, 0.5) is 0 Å². The van der Waals surface area contributed by atoms with E-state index in [0.29, 0.717) is 38.5 Å². The van der Waals surface area contributed by atoms with E-state index < -0.39 is 304 Å². The second kappa shape index (κ2) is 64.2. The number of esters is 2. The van der Waals surface area contributed by atoms with Crippen LogP contribution in [-0.4, -0.2) is 358 Å². The third-order valence-corrected chi connectivity index (χ3v) is 26.3. The van der Waals surface area contributed by atoms with E-state index in [2.05, 4.69) is 38.3 Å². The molecule has 5 aliphatic heterocycles. The summed E-state index contributed by atoms with van der Waals surface area (Å²) in [6.07, 6.45) is -27.2. The second-order valence-electron chi connectivity index (χ2n) is 37.4. The van der Waals surface area contributed by atoms with Gasteiger partial charge >= 0.3 is 37.7 Å². The van der Waals surface area contributed by atoms with Gasteiger partial charge < -0.3 is 170 Å². The van der Waals surface area contributed by atoms with Crippen molar-refractivity contribution in [3.05, 3.63) is 0 Å². The SMILES string of the molecule is CCCCCCCCCCC[C@@H](O)CC(=O)N[C@@H]1[C@@H](OC(=O)C[C@H](O)CCCCCCCCCCC)[C@H](O)[C@@H](CO[C@@H]2O[C@H](CO[C@]3(C(=O)O)C[C@@H](O[C@]4(C(=O)O)C[C@@H](O[C@]5(C(=O)O)C[C@@H](O)[C@@H](O)[C@@H]([C@H](O)CO)O5)[C@@H](O)[C@@H]([C@H](O)CO)O4)[C@@H](O)[C@@H]([C@H](O)CO)O3)[C@@H](OP(=O)(O)O)[C@H](OC(=O)C[C@H](O)CCCCCCCCCCC)[C@H]2NC(=O)C[C@H](O)CCCCCCCCCCC)O[C@@H]1O. The molecule has 0 saturated carbocycles. The molecule has 5 saturated heterocycles. The van der Waals surface area contributed by atoms with Gasteiger partial charge in [0.05, 0.1) is 101 Å². The first-order valence-corrected chi connectivity index (χ1v) is 51.3. The lowest BCUT2D eigenvalue weighted by atomic mass is 9.89. The zero-order valence-electron chi connectivity index (χ0n) is 79.8.